The summed E-state index contributed by atoms with van der Waals surface area (Å²) in [7, 11) is 0. The van der Waals surface area contributed by atoms with Crippen molar-refractivity contribution < 1.29 is 0 Å². The van der Waals surface area contributed by atoms with Crippen LogP contribution in [0.3, 0.4) is 0 Å². The Kier molecular flexibility index (Phi) is 3.72. The second-order valence-electron chi connectivity index (χ2n) is 4.00. The topological polar surface area (TPSA) is 26.0 Å². The van der Waals surface area contributed by atoms with Gasteiger partial charge in [0, 0.05) is 21.7 Å². The highest BCUT2D eigenvalue weighted by Crippen LogP contribution is 2.34. The van der Waals surface area contributed by atoms with Crippen molar-refractivity contribution in [2.45, 2.75) is 13.0 Å². The van der Waals surface area contributed by atoms with E-state index in [1.807, 2.05) is 43.3 Å². The van der Waals surface area contributed by atoms with Crippen molar-refractivity contribution in [2.24, 2.45) is 5.73 Å². The van der Waals surface area contributed by atoms with E-state index in [1.54, 1.807) is 6.07 Å². The molecule has 0 spiro atoms. The summed E-state index contributed by atoms with van der Waals surface area (Å²) in [5, 5.41) is 1.28. The van der Waals surface area contributed by atoms with Crippen molar-refractivity contribution in [3.05, 3.63) is 58.1 Å². The first-order valence-electron chi connectivity index (χ1n) is 5.39. The minimum absolute atomic E-state index is 0.0297. The zero-order valence-corrected chi connectivity index (χ0v) is 11.0. The van der Waals surface area contributed by atoms with Crippen LogP contribution in [0, 0.1) is 0 Å². The van der Waals surface area contributed by atoms with Crippen LogP contribution in [-0.4, -0.2) is 0 Å². The Hall–Kier alpha value is -1.02. The molecule has 1 unspecified atom stereocenters. The summed E-state index contributed by atoms with van der Waals surface area (Å²) >= 11 is 12.1. The van der Waals surface area contributed by atoms with Crippen LogP contribution < -0.4 is 5.73 Å². The monoisotopic (exact) mass is 265 g/mol. The quantitative estimate of drug-likeness (QED) is 0.839. The van der Waals surface area contributed by atoms with Gasteiger partial charge in [-0.25, -0.2) is 0 Å². The van der Waals surface area contributed by atoms with E-state index >= 15 is 0 Å². The van der Waals surface area contributed by atoms with Gasteiger partial charge in [0.2, 0.25) is 0 Å². The molecule has 0 aliphatic heterocycles. The van der Waals surface area contributed by atoms with Gasteiger partial charge in [0.15, 0.2) is 0 Å². The smallest absolute Gasteiger partial charge is 0.0499 e. The summed E-state index contributed by atoms with van der Waals surface area (Å²) in [4.78, 5) is 0. The fraction of sp³-hybridized carbons (Fsp3) is 0.143. The van der Waals surface area contributed by atoms with Gasteiger partial charge in [-0.2, -0.15) is 0 Å². The maximum absolute atomic E-state index is 6.22. The molecule has 0 amide bonds. The van der Waals surface area contributed by atoms with E-state index in [0.717, 1.165) is 16.7 Å². The second kappa shape index (κ2) is 5.09. The van der Waals surface area contributed by atoms with Gasteiger partial charge in [0.1, 0.15) is 0 Å². The van der Waals surface area contributed by atoms with Gasteiger partial charge in [-0.1, -0.05) is 53.5 Å². The Labute approximate surface area is 111 Å². The fourth-order valence-electron chi connectivity index (χ4n) is 1.85. The summed E-state index contributed by atoms with van der Waals surface area (Å²) in [6.45, 7) is 1.96. The van der Waals surface area contributed by atoms with Crippen molar-refractivity contribution in [1.29, 1.82) is 0 Å². The van der Waals surface area contributed by atoms with E-state index in [1.165, 1.54) is 0 Å². The summed E-state index contributed by atoms with van der Waals surface area (Å²) in [5.74, 6) is 0. The summed E-state index contributed by atoms with van der Waals surface area (Å²) < 4.78 is 0. The Morgan fingerprint density at radius 1 is 1.00 bits per heavy atom. The Morgan fingerprint density at radius 2 is 1.71 bits per heavy atom. The first-order valence-corrected chi connectivity index (χ1v) is 6.15. The highest BCUT2D eigenvalue weighted by molar-refractivity contribution is 6.36. The van der Waals surface area contributed by atoms with Crippen LogP contribution in [0.25, 0.3) is 11.1 Å². The first kappa shape index (κ1) is 12.4. The van der Waals surface area contributed by atoms with E-state index in [-0.39, 0.29) is 6.04 Å². The highest BCUT2D eigenvalue weighted by Gasteiger charge is 2.10. The largest absolute Gasteiger partial charge is 0.324 e. The molecule has 0 radical (unpaired) electrons. The molecule has 0 fully saturated rings. The zero-order valence-electron chi connectivity index (χ0n) is 9.45. The number of halogens is 2. The molecule has 0 aliphatic carbocycles. The summed E-state index contributed by atoms with van der Waals surface area (Å²) in [5.41, 5.74) is 9.06. The third-order valence-electron chi connectivity index (χ3n) is 2.67. The second-order valence-corrected chi connectivity index (χ2v) is 4.84. The lowest BCUT2D eigenvalue weighted by Gasteiger charge is -2.14. The third kappa shape index (κ3) is 2.63. The fourth-order valence-corrected chi connectivity index (χ4v) is 2.36. The minimum Gasteiger partial charge on any atom is -0.324 e. The van der Waals surface area contributed by atoms with Gasteiger partial charge in [-0.05, 0) is 30.2 Å². The maximum atomic E-state index is 6.22. The predicted molar refractivity (Wildman–Crippen MR) is 74.5 cm³/mol. The number of rotatable bonds is 2. The molecule has 0 saturated carbocycles. The zero-order chi connectivity index (χ0) is 12.4. The molecule has 2 aromatic rings. The highest BCUT2D eigenvalue weighted by atomic mass is 35.5. The van der Waals surface area contributed by atoms with Crippen molar-refractivity contribution in [3.8, 4) is 11.1 Å². The van der Waals surface area contributed by atoms with Crippen molar-refractivity contribution in [3.63, 3.8) is 0 Å². The molecular formula is C14H13Cl2N. The minimum atomic E-state index is -0.0297. The van der Waals surface area contributed by atoms with Gasteiger partial charge in [-0.3, -0.25) is 0 Å². The Balaban J connectivity index is 2.60. The maximum Gasteiger partial charge on any atom is 0.0499 e. The molecule has 0 bridgehead atoms. The lowest BCUT2D eigenvalue weighted by molar-refractivity contribution is 0.820. The van der Waals surface area contributed by atoms with Crippen LogP contribution >= 0.6 is 23.2 Å². The molecule has 0 heterocycles. The molecule has 17 heavy (non-hydrogen) atoms. The van der Waals surface area contributed by atoms with Gasteiger partial charge < -0.3 is 5.73 Å². The Bertz CT molecular complexity index is 535. The standard InChI is InChI=1S/C14H13Cl2N/c1-9(17)11-4-2-3-5-12(11)13-7-6-10(15)8-14(13)16/h2-9H,17H2,1H3. The Morgan fingerprint density at radius 3 is 2.35 bits per heavy atom. The number of hydrogen-bond acceptors (Lipinski definition) is 1. The summed E-state index contributed by atoms with van der Waals surface area (Å²) in [6.07, 6.45) is 0. The molecule has 2 rings (SSSR count). The van der Waals surface area contributed by atoms with E-state index in [4.69, 9.17) is 28.9 Å². The van der Waals surface area contributed by atoms with Crippen LogP contribution in [0.5, 0.6) is 0 Å². The third-order valence-corrected chi connectivity index (χ3v) is 3.22. The van der Waals surface area contributed by atoms with Gasteiger partial charge in [0.05, 0.1) is 0 Å². The van der Waals surface area contributed by atoms with Crippen molar-refractivity contribution in [1.82, 2.24) is 0 Å². The molecule has 3 heteroatoms. The van der Waals surface area contributed by atoms with Crippen molar-refractivity contribution in [2.75, 3.05) is 0 Å². The van der Waals surface area contributed by atoms with Crippen LogP contribution in [-0.2, 0) is 0 Å². The predicted octanol–water partition coefficient (Wildman–Crippen LogP) is 4.68. The molecule has 1 atom stereocenters. The molecule has 88 valence electrons. The lowest BCUT2D eigenvalue weighted by Crippen LogP contribution is -2.06. The van der Waals surface area contributed by atoms with Crippen LogP contribution in [0.1, 0.15) is 18.5 Å². The lowest BCUT2D eigenvalue weighted by atomic mass is 9.96. The first-order chi connectivity index (χ1) is 8.09. The van der Waals surface area contributed by atoms with E-state index in [0.29, 0.717) is 10.0 Å². The van der Waals surface area contributed by atoms with Gasteiger partial charge >= 0.3 is 0 Å². The van der Waals surface area contributed by atoms with E-state index < -0.39 is 0 Å². The van der Waals surface area contributed by atoms with Crippen molar-refractivity contribution >= 4 is 23.2 Å². The van der Waals surface area contributed by atoms with E-state index in [9.17, 15) is 0 Å². The average molecular weight is 266 g/mol. The average Bonchev–Trinajstić information content (AvgIpc) is 2.29. The number of benzene rings is 2. The number of nitrogens with two attached hydrogens (primary N) is 1. The molecule has 2 aromatic carbocycles. The van der Waals surface area contributed by atoms with Crippen LogP contribution in [0.15, 0.2) is 42.5 Å². The van der Waals surface area contributed by atoms with E-state index in [2.05, 4.69) is 0 Å². The number of hydrogen-bond donors (Lipinski definition) is 1. The van der Waals surface area contributed by atoms with Gasteiger partial charge in [0.25, 0.3) is 0 Å². The molecule has 0 aliphatic rings. The molecule has 2 N–H and O–H groups in total. The normalized spacial score (nSPS) is 12.5. The van der Waals surface area contributed by atoms with Crippen LogP contribution in [0.2, 0.25) is 10.0 Å². The molecular weight excluding hydrogens is 253 g/mol. The van der Waals surface area contributed by atoms with Crippen LogP contribution in [0.4, 0.5) is 0 Å². The SMILES string of the molecule is CC(N)c1ccccc1-c1ccc(Cl)cc1Cl. The van der Waals surface area contributed by atoms with Gasteiger partial charge in [-0.15, -0.1) is 0 Å². The summed E-state index contributed by atoms with van der Waals surface area (Å²) in [6, 6.07) is 13.5. The molecule has 1 nitrogen and oxygen atoms in total. The molecule has 0 aromatic heterocycles. The molecule has 0 saturated heterocycles.